The summed E-state index contributed by atoms with van der Waals surface area (Å²) in [6.07, 6.45) is 1.71. The summed E-state index contributed by atoms with van der Waals surface area (Å²) < 4.78 is 26.9. The molecule has 0 spiro atoms. The normalized spacial score (nSPS) is 13.8. The lowest BCUT2D eigenvalue weighted by Gasteiger charge is -2.16. The van der Waals surface area contributed by atoms with E-state index in [4.69, 9.17) is 0 Å². The Kier molecular flexibility index (Phi) is 4.44. The lowest BCUT2D eigenvalue weighted by molar-refractivity contribution is -0.709. The number of benzene rings is 2. The van der Waals surface area contributed by atoms with E-state index in [0.29, 0.717) is 11.1 Å². The molecule has 3 N–H and O–H groups in total. The van der Waals surface area contributed by atoms with E-state index in [9.17, 15) is 13.6 Å². The molecular weight excluding hydrogens is 310 g/mol. The van der Waals surface area contributed by atoms with Crippen molar-refractivity contribution in [1.82, 2.24) is 4.98 Å². The maximum Gasteiger partial charge on any atom is 0.221 e. The van der Waals surface area contributed by atoms with Crippen molar-refractivity contribution in [3.63, 3.8) is 0 Å². The highest BCUT2D eigenvalue weighted by Crippen LogP contribution is 2.19. The number of ketones is 1. The van der Waals surface area contributed by atoms with Gasteiger partial charge in [0.1, 0.15) is 23.7 Å². The first kappa shape index (κ1) is 16.3. The molecule has 0 unspecified atom stereocenters. The maximum atomic E-state index is 13.9. The van der Waals surface area contributed by atoms with Crippen LogP contribution in [0.3, 0.4) is 0 Å². The van der Waals surface area contributed by atoms with E-state index in [1.807, 2.05) is 24.3 Å². The van der Waals surface area contributed by atoms with Gasteiger partial charge in [-0.25, -0.2) is 8.78 Å². The zero-order chi connectivity index (χ0) is 17.3. The first-order chi connectivity index (χ1) is 11.5. The van der Waals surface area contributed by atoms with Crippen molar-refractivity contribution < 1.29 is 18.9 Å². The second-order valence-corrected chi connectivity index (χ2v) is 6.05. The van der Waals surface area contributed by atoms with E-state index in [1.54, 1.807) is 25.4 Å². The molecule has 1 aromatic heterocycles. The summed E-state index contributed by atoms with van der Waals surface area (Å²) in [6, 6.07) is 10.4. The summed E-state index contributed by atoms with van der Waals surface area (Å²) in [6.45, 7) is 3.59. The van der Waals surface area contributed by atoms with E-state index >= 15 is 0 Å². The van der Waals surface area contributed by atoms with E-state index in [2.05, 4.69) is 4.98 Å². The van der Waals surface area contributed by atoms with Crippen LogP contribution < -0.4 is 5.32 Å². The second-order valence-electron chi connectivity index (χ2n) is 6.05. The van der Waals surface area contributed by atoms with Crippen molar-refractivity contribution in [1.29, 1.82) is 0 Å². The highest BCUT2D eigenvalue weighted by atomic mass is 19.1. The van der Waals surface area contributed by atoms with Crippen LogP contribution in [0.1, 0.15) is 35.8 Å². The standard InChI is InChI=1S/C19H18F2N2O/c1-11(14-8-7-13(20)9-17(14)21)23-12(2)19(24)16-10-22-18-6-4-3-5-15(16)18/h3-12,22-23H,1-2H3/p+1/t11-,12+/m0/s1. The Morgan fingerprint density at radius 2 is 1.88 bits per heavy atom. The van der Waals surface area contributed by atoms with Gasteiger partial charge in [0.2, 0.25) is 5.78 Å². The number of hydrogen-bond acceptors (Lipinski definition) is 1. The summed E-state index contributed by atoms with van der Waals surface area (Å²) in [4.78, 5) is 15.8. The number of nitrogens with one attached hydrogen (secondary N) is 1. The van der Waals surface area contributed by atoms with Crippen molar-refractivity contribution in [2.75, 3.05) is 0 Å². The molecule has 0 saturated heterocycles. The first-order valence-corrected chi connectivity index (χ1v) is 7.87. The molecule has 2 atom stereocenters. The minimum atomic E-state index is -0.605. The molecule has 0 bridgehead atoms. The third-order valence-electron chi connectivity index (χ3n) is 4.30. The average Bonchev–Trinajstić information content (AvgIpc) is 2.97. The molecule has 0 saturated carbocycles. The predicted octanol–water partition coefficient (Wildman–Crippen LogP) is 3.34. The Balaban J connectivity index is 1.79. The molecule has 5 heteroatoms. The van der Waals surface area contributed by atoms with Crippen LogP contribution in [-0.4, -0.2) is 16.8 Å². The Bertz CT molecular complexity index is 888. The van der Waals surface area contributed by atoms with Crippen LogP contribution in [0.25, 0.3) is 10.9 Å². The summed E-state index contributed by atoms with van der Waals surface area (Å²) in [5.74, 6) is -1.22. The molecule has 0 fully saturated rings. The third-order valence-corrected chi connectivity index (χ3v) is 4.30. The number of aromatic amines is 1. The fraction of sp³-hybridized carbons (Fsp3) is 0.211. The molecule has 0 aliphatic carbocycles. The SMILES string of the molecule is C[C@H]([NH2+][C@H](C)C(=O)c1c[nH]c2ccccc12)c1ccc(F)cc1F. The van der Waals surface area contributed by atoms with Gasteiger partial charge in [0.25, 0.3) is 0 Å². The van der Waals surface area contributed by atoms with Gasteiger partial charge in [0.15, 0.2) is 0 Å². The van der Waals surface area contributed by atoms with E-state index in [1.165, 1.54) is 12.1 Å². The van der Waals surface area contributed by atoms with E-state index in [0.717, 1.165) is 17.0 Å². The van der Waals surface area contributed by atoms with Gasteiger partial charge in [0.05, 0.1) is 0 Å². The number of rotatable bonds is 5. The zero-order valence-electron chi connectivity index (χ0n) is 13.5. The fourth-order valence-corrected chi connectivity index (χ4v) is 3.02. The molecule has 124 valence electrons. The van der Waals surface area contributed by atoms with Crippen molar-refractivity contribution in [3.8, 4) is 0 Å². The van der Waals surface area contributed by atoms with Gasteiger partial charge in [-0.2, -0.15) is 0 Å². The molecule has 3 rings (SSSR count). The Hall–Kier alpha value is -2.53. The van der Waals surface area contributed by atoms with Crippen molar-refractivity contribution in [2.24, 2.45) is 0 Å². The number of carbonyl (C=O) groups is 1. The predicted molar refractivity (Wildman–Crippen MR) is 88.8 cm³/mol. The van der Waals surface area contributed by atoms with Gasteiger partial charge in [-0.1, -0.05) is 18.2 Å². The lowest BCUT2D eigenvalue weighted by atomic mass is 10.0. The highest BCUT2D eigenvalue weighted by molar-refractivity contribution is 6.09. The number of H-pyrrole nitrogens is 1. The molecule has 3 nitrogen and oxygen atoms in total. The van der Waals surface area contributed by atoms with Gasteiger partial charge < -0.3 is 10.3 Å². The molecule has 0 radical (unpaired) electrons. The minimum absolute atomic E-state index is 0.0261. The van der Waals surface area contributed by atoms with Crippen LogP contribution in [-0.2, 0) is 0 Å². The summed E-state index contributed by atoms with van der Waals surface area (Å²) >= 11 is 0. The number of Topliss-reactive ketones (excluding diaryl/α,β-unsaturated/α-hetero) is 1. The topological polar surface area (TPSA) is 49.5 Å². The van der Waals surface area contributed by atoms with Crippen LogP contribution in [0.15, 0.2) is 48.7 Å². The van der Waals surface area contributed by atoms with Crippen molar-refractivity contribution in [2.45, 2.75) is 25.9 Å². The number of fused-ring (bicyclic) bond motifs is 1. The number of carbonyl (C=O) groups excluding carboxylic acids is 1. The molecule has 3 aromatic rings. The minimum Gasteiger partial charge on any atom is -0.360 e. The molecule has 0 aliphatic heterocycles. The quantitative estimate of drug-likeness (QED) is 0.693. The number of quaternary nitrogens is 1. The van der Waals surface area contributed by atoms with E-state index < -0.39 is 11.6 Å². The molecule has 2 aromatic carbocycles. The van der Waals surface area contributed by atoms with Gasteiger partial charge in [-0.05, 0) is 32.0 Å². The Morgan fingerprint density at radius 3 is 2.62 bits per heavy atom. The molecular formula is C19H19F2N2O+. The van der Waals surface area contributed by atoms with Gasteiger partial charge in [0, 0.05) is 34.3 Å². The third kappa shape index (κ3) is 3.08. The molecule has 24 heavy (non-hydrogen) atoms. The zero-order valence-corrected chi connectivity index (χ0v) is 13.5. The monoisotopic (exact) mass is 329 g/mol. The van der Waals surface area contributed by atoms with Crippen LogP contribution in [0.4, 0.5) is 8.78 Å². The maximum absolute atomic E-state index is 13.9. The van der Waals surface area contributed by atoms with Gasteiger partial charge in [-0.3, -0.25) is 4.79 Å². The summed E-state index contributed by atoms with van der Waals surface area (Å²) in [5, 5.41) is 2.67. The van der Waals surface area contributed by atoms with Crippen LogP contribution in [0.2, 0.25) is 0 Å². The smallest absolute Gasteiger partial charge is 0.221 e. The highest BCUT2D eigenvalue weighted by Gasteiger charge is 2.25. The molecule has 1 heterocycles. The number of hydrogen-bond donors (Lipinski definition) is 2. The summed E-state index contributed by atoms with van der Waals surface area (Å²) in [5.41, 5.74) is 1.92. The van der Waals surface area contributed by atoms with Crippen molar-refractivity contribution >= 4 is 16.7 Å². The van der Waals surface area contributed by atoms with Crippen LogP contribution in [0.5, 0.6) is 0 Å². The summed E-state index contributed by atoms with van der Waals surface area (Å²) in [7, 11) is 0. The number of nitrogens with two attached hydrogens (primary N) is 1. The fourth-order valence-electron chi connectivity index (χ4n) is 3.02. The van der Waals surface area contributed by atoms with Gasteiger partial charge in [-0.15, -0.1) is 0 Å². The number of halogens is 2. The number of aromatic nitrogens is 1. The second kappa shape index (κ2) is 6.53. The van der Waals surface area contributed by atoms with E-state index in [-0.39, 0.29) is 17.9 Å². The van der Waals surface area contributed by atoms with Crippen molar-refractivity contribution in [3.05, 3.63) is 71.4 Å². The van der Waals surface area contributed by atoms with Crippen LogP contribution in [0, 0.1) is 11.6 Å². The first-order valence-electron chi connectivity index (χ1n) is 7.87. The largest absolute Gasteiger partial charge is 0.360 e. The molecule has 0 aliphatic rings. The Labute approximate surface area is 138 Å². The van der Waals surface area contributed by atoms with Crippen LogP contribution >= 0.6 is 0 Å². The Morgan fingerprint density at radius 1 is 1.12 bits per heavy atom. The lowest BCUT2D eigenvalue weighted by Crippen LogP contribution is -2.91. The average molecular weight is 329 g/mol. The number of para-hydroxylation sites is 1. The van der Waals surface area contributed by atoms with Gasteiger partial charge >= 0.3 is 0 Å². The molecule has 0 amide bonds.